The molecule has 0 aliphatic rings. The number of aromatic carboxylic acids is 1. The fourth-order valence-corrected chi connectivity index (χ4v) is 2.45. The first-order chi connectivity index (χ1) is 8.04. The summed E-state index contributed by atoms with van der Waals surface area (Å²) in [6.07, 6.45) is 4.15. The molecule has 0 aliphatic carbocycles. The van der Waals surface area contributed by atoms with Gasteiger partial charge in [-0.3, -0.25) is 0 Å². The number of carboxylic acid groups (broad SMARTS) is 1. The van der Waals surface area contributed by atoms with Gasteiger partial charge in [0.05, 0.1) is 11.1 Å². The third-order valence-electron chi connectivity index (χ3n) is 3.11. The van der Waals surface area contributed by atoms with E-state index in [0.717, 1.165) is 29.3 Å². The minimum Gasteiger partial charge on any atom is -0.478 e. The largest absolute Gasteiger partial charge is 0.478 e. The van der Waals surface area contributed by atoms with Gasteiger partial charge in [-0.25, -0.2) is 4.79 Å². The Morgan fingerprint density at radius 2 is 2.12 bits per heavy atom. The van der Waals surface area contributed by atoms with Crippen molar-refractivity contribution >= 4 is 16.9 Å². The molecule has 0 spiro atoms. The third kappa shape index (κ3) is 1.93. The van der Waals surface area contributed by atoms with E-state index in [1.54, 1.807) is 12.1 Å². The van der Waals surface area contributed by atoms with E-state index < -0.39 is 5.97 Å². The van der Waals surface area contributed by atoms with E-state index in [4.69, 9.17) is 5.11 Å². The second-order valence-electron chi connectivity index (χ2n) is 4.51. The summed E-state index contributed by atoms with van der Waals surface area (Å²) in [5.41, 5.74) is 3.76. The van der Waals surface area contributed by atoms with Crippen LogP contribution in [0.25, 0.3) is 10.9 Å². The second-order valence-corrected chi connectivity index (χ2v) is 4.51. The Morgan fingerprint density at radius 1 is 1.41 bits per heavy atom. The van der Waals surface area contributed by atoms with Crippen molar-refractivity contribution in [3.8, 4) is 0 Å². The van der Waals surface area contributed by atoms with E-state index >= 15 is 0 Å². The first kappa shape index (κ1) is 11.7. The molecule has 2 rings (SSSR count). The van der Waals surface area contributed by atoms with E-state index in [-0.39, 0.29) is 0 Å². The van der Waals surface area contributed by atoms with E-state index in [2.05, 4.69) is 17.7 Å². The second kappa shape index (κ2) is 4.24. The first-order valence-corrected chi connectivity index (χ1v) is 5.86. The molecule has 0 saturated heterocycles. The van der Waals surface area contributed by atoms with Crippen molar-refractivity contribution in [2.75, 3.05) is 0 Å². The van der Waals surface area contributed by atoms with Crippen LogP contribution in [0.5, 0.6) is 0 Å². The highest BCUT2D eigenvalue weighted by atomic mass is 16.4. The normalized spacial score (nSPS) is 11.0. The molecule has 0 radical (unpaired) electrons. The Bertz CT molecular complexity index is 581. The average Bonchev–Trinajstić information content (AvgIpc) is 2.56. The highest BCUT2D eigenvalue weighted by Gasteiger charge is 2.12. The molecule has 0 bridgehead atoms. The lowest BCUT2D eigenvalue weighted by Gasteiger charge is -2.03. The Labute approximate surface area is 101 Å². The summed E-state index contributed by atoms with van der Waals surface area (Å²) in [5.74, 6) is -0.860. The lowest BCUT2D eigenvalue weighted by Crippen LogP contribution is -1.98. The van der Waals surface area contributed by atoms with Crippen LogP contribution < -0.4 is 0 Å². The van der Waals surface area contributed by atoms with Gasteiger partial charge in [0, 0.05) is 18.6 Å². The smallest absolute Gasteiger partial charge is 0.335 e. The maximum Gasteiger partial charge on any atom is 0.335 e. The lowest BCUT2D eigenvalue weighted by atomic mass is 10.0. The molecule has 1 heterocycles. The van der Waals surface area contributed by atoms with Gasteiger partial charge in [-0.15, -0.1) is 0 Å². The predicted molar refractivity (Wildman–Crippen MR) is 68.6 cm³/mol. The molecule has 0 atom stereocenters. The third-order valence-corrected chi connectivity index (χ3v) is 3.11. The number of rotatable bonds is 3. The Balaban J connectivity index is 2.75. The molecule has 1 aromatic carbocycles. The van der Waals surface area contributed by atoms with Gasteiger partial charge in [0.1, 0.15) is 0 Å². The number of carboxylic acids is 1. The van der Waals surface area contributed by atoms with Crippen LogP contribution in [0.15, 0.2) is 18.3 Å². The molecular weight excluding hydrogens is 214 g/mol. The summed E-state index contributed by atoms with van der Waals surface area (Å²) >= 11 is 0. The highest BCUT2D eigenvalue weighted by Crippen LogP contribution is 2.26. The number of hydrogen-bond donors (Lipinski definition) is 1. The van der Waals surface area contributed by atoms with Crippen LogP contribution in [0.4, 0.5) is 0 Å². The fourth-order valence-electron chi connectivity index (χ4n) is 2.45. The highest BCUT2D eigenvalue weighted by molar-refractivity contribution is 5.96. The zero-order valence-electron chi connectivity index (χ0n) is 10.4. The van der Waals surface area contributed by atoms with E-state index in [9.17, 15) is 4.79 Å². The Hall–Kier alpha value is -1.77. The first-order valence-electron chi connectivity index (χ1n) is 5.86. The number of aromatic nitrogens is 1. The van der Waals surface area contributed by atoms with Crippen molar-refractivity contribution in [1.82, 2.24) is 4.57 Å². The van der Waals surface area contributed by atoms with E-state index in [0.29, 0.717) is 5.56 Å². The Kier molecular flexibility index (Phi) is 2.92. The van der Waals surface area contributed by atoms with Crippen molar-refractivity contribution in [2.45, 2.75) is 26.7 Å². The maximum absolute atomic E-state index is 11.1. The average molecular weight is 231 g/mol. The van der Waals surface area contributed by atoms with Crippen LogP contribution >= 0.6 is 0 Å². The topological polar surface area (TPSA) is 42.2 Å². The monoisotopic (exact) mass is 231 g/mol. The summed E-state index contributed by atoms with van der Waals surface area (Å²) in [7, 11) is 2.01. The summed E-state index contributed by atoms with van der Waals surface area (Å²) in [4.78, 5) is 11.1. The molecule has 2 aromatic rings. The minimum atomic E-state index is -0.860. The zero-order chi connectivity index (χ0) is 12.6. The minimum absolute atomic E-state index is 0.374. The molecular formula is C14H17NO2. The summed E-state index contributed by atoms with van der Waals surface area (Å²) in [5, 5.41) is 10.2. The number of hydrogen-bond acceptors (Lipinski definition) is 1. The molecule has 3 heteroatoms. The van der Waals surface area contributed by atoms with Gasteiger partial charge in [-0.1, -0.05) is 13.3 Å². The van der Waals surface area contributed by atoms with Gasteiger partial charge in [0.15, 0.2) is 0 Å². The van der Waals surface area contributed by atoms with Crippen LogP contribution in [-0.4, -0.2) is 15.6 Å². The molecule has 1 aromatic heterocycles. The van der Waals surface area contributed by atoms with Crippen molar-refractivity contribution in [1.29, 1.82) is 0 Å². The van der Waals surface area contributed by atoms with Gasteiger partial charge in [-0.05, 0) is 36.6 Å². The van der Waals surface area contributed by atoms with Crippen LogP contribution in [0, 0.1) is 6.92 Å². The molecule has 90 valence electrons. The zero-order valence-corrected chi connectivity index (χ0v) is 10.4. The molecule has 17 heavy (non-hydrogen) atoms. The van der Waals surface area contributed by atoms with E-state index in [1.807, 2.05) is 14.0 Å². The van der Waals surface area contributed by atoms with Gasteiger partial charge < -0.3 is 9.67 Å². The predicted octanol–water partition coefficient (Wildman–Crippen LogP) is 3.14. The molecule has 0 saturated carbocycles. The maximum atomic E-state index is 11.1. The number of benzene rings is 1. The van der Waals surface area contributed by atoms with Crippen LogP contribution in [0.3, 0.4) is 0 Å². The van der Waals surface area contributed by atoms with Gasteiger partial charge in [0.25, 0.3) is 0 Å². The SMILES string of the molecule is CCCc1cn(C)c2c(C)cc(C(=O)O)cc12. The summed E-state index contributed by atoms with van der Waals surface area (Å²) < 4.78 is 2.08. The molecule has 1 N–H and O–H groups in total. The Morgan fingerprint density at radius 3 is 2.71 bits per heavy atom. The quantitative estimate of drug-likeness (QED) is 0.881. The van der Waals surface area contributed by atoms with Gasteiger partial charge in [-0.2, -0.15) is 0 Å². The van der Waals surface area contributed by atoms with Crippen LogP contribution in [0.1, 0.15) is 34.8 Å². The molecule has 0 aliphatic heterocycles. The van der Waals surface area contributed by atoms with Crippen LogP contribution in [-0.2, 0) is 13.5 Å². The van der Waals surface area contributed by atoms with E-state index in [1.165, 1.54) is 5.56 Å². The summed E-state index contributed by atoms with van der Waals surface area (Å²) in [6, 6.07) is 3.52. The van der Waals surface area contributed by atoms with Crippen LogP contribution in [0.2, 0.25) is 0 Å². The molecule has 0 fully saturated rings. The van der Waals surface area contributed by atoms with Gasteiger partial charge >= 0.3 is 5.97 Å². The molecule has 0 amide bonds. The van der Waals surface area contributed by atoms with Crippen molar-refractivity contribution in [3.05, 3.63) is 35.0 Å². The number of nitrogens with zero attached hydrogens (tertiary/aromatic N) is 1. The van der Waals surface area contributed by atoms with Crippen molar-refractivity contribution in [3.63, 3.8) is 0 Å². The summed E-state index contributed by atoms with van der Waals surface area (Å²) in [6.45, 7) is 4.09. The molecule has 3 nitrogen and oxygen atoms in total. The molecule has 0 unspecified atom stereocenters. The van der Waals surface area contributed by atoms with Crippen molar-refractivity contribution < 1.29 is 9.90 Å². The lowest BCUT2D eigenvalue weighted by molar-refractivity contribution is 0.0697. The number of carbonyl (C=O) groups is 1. The number of aryl methyl sites for hydroxylation is 3. The number of fused-ring (bicyclic) bond motifs is 1. The van der Waals surface area contributed by atoms with Crippen molar-refractivity contribution in [2.24, 2.45) is 7.05 Å². The van der Waals surface area contributed by atoms with Gasteiger partial charge in [0.2, 0.25) is 0 Å². The fraction of sp³-hybridized carbons (Fsp3) is 0.357. The standard InChI is InChI=1S/C14H17NO2/c1-4-5-10-8-15(3)13-9(2)6-11(14(16)17)7-12(10)13/h6-8H,4-5H2,1-3H3,(H,16,17).